The molecule has 18 heavy (non-hydrogen) atoms. The van der Waals surface area contributed by atoms with E-state index in [0.29, 0.717) is 12.4 Å². The van der Waals surface area contributed by atoms with Gasteiger partial charge in [0.2, 0.25) is 5.82 Å². The van der Waals surface area contributed by atoms with E-state index in [0.717, 1.165) is 15.6 Å². The quantitative estimate of drug-likeness (QED) is 0.734. The van der Waals surface area contributed by atoms with E-state index >= 15 is 0 Å². The first-order valence-corrected chi connectivity index (χ1v) is 6.89. The van der Waals surface area contributed by atoms with Crippen LogP contribution in [0.5, 0.6) is 0 Å². The highest BCUT2D eigenvalue weighted by molar-refractivity contribution is 7.20. The zero-order valence-corrected chi connectivity index (χ0v) is 10.8. The molecule has 0 aliphatic carbocycles. The lowest BCUT2D eigenvalue weighted by molar-refractivity contribution is 0.764. The van der Waals surface area contributed by atoms with Gasteiger partial charge in [0.05, 0.1) is 17.1 Å². The summed E-state index contributed by atoms with van der Waals surface area (Å²) in [4.78, 5) is 5.71. The first-order valence-electron chi connectivity index (χ1n) is 5.13. The Kier molecular flexibility index (Phi) is 2.88. The van der Waals surface area contributed by atoms with E-state index in [1.54, 1.807) is 33.6 Å². The summed E-state index contributed by atoms with van der Waals surface area (Å²) in [6.45, 7) is 0.526. The molecule has 0 fully saturated rings. The molecule has 3 aromatic heterocycles. The summed E-state index contributed by atoms with van der Waals surface area (Å²) < 4.78 is 1.69. The lowest BCUT2D eigenvalue weighted by Crippen LogP contribution is -2.01. The predicted molar refractivity (Wildman–Crippen MR) is 69.3 cm³/mol. The molecule has 0 saturated carbocycles. The predicted octanol–water partition coefficient (Wildman–Crippen LogP) is 2.38. The SMILES string of the molecule is N#Cc1nncn1Cc1csc(-c2cccs2)n1. The molecule has 0 unspecified atom stereocenters. The van der Waals surface area contributed by atoms with Crippen molar-refractivity contribution < 1.29 is 0 Å². The van der Waals surface area contributed by atoms with Gasteiger partial charge in [-0.15, -0.1) is 32.9 Å². The third-order valence-corrected chi connectivity index (χ3v) is 4.26. The van der Waals surface area contributed by atoms with Crippen LogP contribution in [0.1, 0.15) is 11.5 Å². The van der Waals surface area contributed by atoms with Crippen LogP contribution in [0.15, 0.2) is 29.2 Å². The second kappa shape index (κ2) is 4.68. The first kappa shape index (κ1) is 11.1. The van der Waals surface area contributed by atoms with Gasteiger partial charge in [-0.2, -0.15) is 5.26 Å². The van der Waals surface area contributed by atoms with Crippen LogP contribution in [0.2, 0.25) is 0 Å². The monoisotopic (exact) mass is 273 g/mol. The fourth-order valence-corrected chi connectivity index (χ4v) is 3.15. The van der Waals surface area contributed by atoms with Crippen LogP contribution in [-0.2, 0) is 6.54 Å². The summed E-state index contributed by atoms with van der Waals surface area (Å²) in [6, 6.07) is 6.05. The Morgan fingerprint density at radius 2 is 2.33 bits per heavy atom. The normalized spacial score (nSPS) is 10.4. The molecule has 3 heterocycles. The number of nitriles is 1. The molecule has 3 rings (SSSR count). The van der Waals surface area contributed by atoms with Crippen molar-refractivity contribution in [1.29, 1.82) is 5.26 Å². The summed E-state index contributed by atoms with van der Waals surface area (Å²) >= 11 is 3.27. The van der Waals surface area contributed by atoms with E-state index in [9.17, 15) is 0 Å². The average molecular weight is 273 g/mol. The van der Waals surface area contributed by atoms with Gasteiger partial charge in [0, 0.05) is 5.38 Å². The van der Waals surface area contributed by atoms with Gasteiger partial charge >= 0.3 is 0 Å². The highest BCUT2D eigenvalue weighted by Crippen LogP contribution is 2.27. The minimum Gasteiger partial charge on any atom is -0.299 e. The molecule has 0 amide bonds. The number of rotatable bonds is 3. The van der Waals surface area contributed by atoms with Crippen molar-refractivity contribution in [2.24, 2.45) is 0 Å². The van der Waals surface area contributed by atoms with Gasteiger partial charge < -0.3 is 0 Å². The first-order chi connectivity index (χ1) is 8.86. The largest absolute Gasteiger partial charge is 0.299 e. The molecule has 7 heteroatoms. The Morgan fingerprint density at radius 1 is 1.39 bits per heavy atom. The summed E-state index contributed by atoms with van der Waals surface area (Å²) in [5, 5.41) is 21.3. The number of hydrogen-bond donors (Lipinski definition) is 0. The van der Waals surface area contributed by atoms with Gasteiger partial charge in [-0.3, -0.25) is 4.57 Å². The van der Waals surface area contributed by atoms with Crippen molar-refractivity contribution in [3.05, 3.63) is 40.7 Å². The molecule has 0 aliphatic rings. The summed E-state index contributed by atoms with van der Waals surface area (Å²) in [6.07, 6.45) is 1.54. The number of nitrogens with zero attached hydrogens (tertiary/aromatic N) is 5. The maximum atomic E-state index is 8.85. The second-order valence-electron chi connectivity index (χ2n) is 3.52. The molecule has 5 nitrogen and oxygen atoms in total. The maximum Gasteiger partial charge on any atom is 0.235 e. The van der Waals surface area contributed by atoms with Gasteiger partial charge in [0.1, 0.15) is 17.4 Å². The van der Waals surface area contributed by atoms with Gasteiger partial charge in [-0.25, -0.2) is 4.98 Å². The molecular weight excluding hydrogens is 266 g/mol. The van der Waals surface area contributed by atoms with Crippen molar-refractivity contribution in [3.63, 3.8) is 0 Å². The Bertz CT molecular complexity index is 689. The number of aromatic nitrogens is 4. The Morgan fingerprint density at radius 3 is 3.11 bits per heavy atom. The number of thiazole rings is 1. The van der Waals surface area contributed by atoms with Crippen LogP contribution >= 0.6 is 22.7 Å². The third kappa shape index (κ3) is 2.03. The molecule has 0 aliphatic heterocycles. The van der Waals surface area contributed by atoms with Gasteiger partial charge in [0.15, 0.2) is 0 Å². The van der Waals surface area contributed by atoms with Crippen molar-refractivity contribution in [2.45, 2.75) is 6.54 Å². The second-order valence-corrected chi connectivity index (χ2v) is 5.32. The van der Waals surface area contributed by atoms with Crippen LogP contribution in [0, 0.1) is 11.3 Å². The smallest absolute Gasteiger partial charge is 0.235 e. The minimum atomic E-state index is 0.306. The molecule has 0 bridgehead atoms. The zero-order valence-electron chi connectivity index (χ0n) is 9.15. The minimum absolute atomic E-state index is 0.306. The third-order valence-electron chi connectivity index (χ3n) is 2.33. The van der Waals surface area contributed by atoms with E-state index in [-0.39, 0.29) is 0 Å². The molecule has 3 aromatic rings. The Balaban J connectivity index is 1.85. The standard InChI is InChI=1S/C11H7N5S2/c12-4-10-15-13-7-16(10)5-8-6-18-11(14-8)9-2-1-3-17-9/h1-3,6-7H,5H2. The maximum absolute atomic E-state index is 8.85. The summed E-state index contributed by atoms with van der Waals surface area (Å²) in [5.74, 6) is 0.306. The summed E-state index contributed by atoms with van der Waals surface area (Å²) in [7, 11) is 0. The van der Waals surface area contributed by atoms with Crippen LogP contribution in [0.3, 0.4) is 0 Å². The number of thiophene rings is 1. The lowest BCUT2D eigenvalue weighted by Gasteiger charge is -1.97. The fourth-order valence-electron chi connectivity index (χ4n) is 1.52. The fraction of sp³-hybridized carbons (Fsp3) is 0.0909. The van der Waals surface area contributed by atoms with Gasteiger partial charge in [0.25, 0.3) is 0 Å². The molecule has 0 spiro atoms. The van der Waals surface area contributed by atoms with Crippen molar-refractivity contribution >= 4 is 22.7 Å². The van der Waals surface area contributed by atoms with Crippen LogP contribution in [0.4, 0.5) is 0 Å². The molecule has 0 N–H and O–H groups in total. The highest BCUT2D eigenvalue weighted by atomic mass is 32.1. The Labute approximate surface area is 111 Å². The molecule has 0 aromatic carbocycles. The lowest BCUT2D eigenvalue weighted by atomic mass is 10.4. The van der Waals surface area contributed by atoms with Gasteiger partial charge in [-0.1, -0.05) is 6.07 Å². The van der Waals surface area contributed by atoms with Crippen molar-refractivity contribution in [3.8, 4) is 16.0 Å². The zero-order chi connectivity index (χ0) is 12.4. The van der Waals surface area contributed by atoms with E-state index in [2.05, 4.69) is 15.2 Å². The van der Waals surface area contributed by atoms with Gasteiger partial charge in [-0.05, 0) is 11.4 Å². The van der Waals surface area contributed by atoms with Crippen LogP contribution < -0.4 is 0 Å². The van der Waals surface area contributed by atoms with E-state index in [1.165, 1.54) is 0 Å². The molecule has 0 saturated heterocycles. The molecule has 0 atom stereocenters. The molecular formula is C11H7N5S2. The average Bonchev–Trinajstić information content (AvgIpc) is 3.10. The highest BCUT2D eigenvalue weighted by Gasteiger charge is 2.08. The van der Waals surface area contributed by atoms with Crippen molar-refractivity contribution in [2.75, 3.05) is 0 Å². The van der Waals surface area contributed by atoms with E-state index in [4.69, 9.17) is 5.26 Å². The molecule has 0 radical (unpaired) electrons. The van der Waals surface area contributed by atoms with E-state index < -0.39 is 0 Å². The van der Waals surface area contributed by atoms with E-state index in [1.807, 2.05) is 29.0 Å². The Hall–Kier alpha value is -2.04. The number of hydrogen-bond acceptors (Lipinski definition) is 6. The molecule has 88 valence electrons. The topological polar surface area (TPSA) is 67.4 Å². The van der Waals surface area contributed by atoms with Crippen LogP contribution in [0.25, 0.3) is 9.88 Å². The summed E-state index contributed by atoms with van der Waals surface area (Å²) in [5.41, 5.74) is 0.916. The van der Waals surface area contributed by atoms with Crippen molar-refractivity contribution in [1.82, 2.24) is 19.7 Å². The van der Waals surface area contributed by atoms with Crippen LogP contribution in [-0.4, -0.2) is 19.7 Å².